The van der Waals surface area contributed by atoms with Crippen LogP contribution in [0.1, 0.15) is 37.6 Å². The topological polar surface area (TPSA) is 49.5 Å². The average Bonchev–Trinajstić information content (AvgIpc) is 2.63. The Morgan fingerprint density at radius 2 is 2.28 bits per heavy atom. The number of thiophene rings is 1. The average molecular weight is 289 g/mol. The molecule has 3 unspecified atom stereocenters. The lowest BCUT2D eigenvalue weighted by Gasteiger charge is -2.42. The van der Waals surface area contributed by atoms with Crippen LogP contribution in [0.4, 0.5) is 0 Å². The Bertz CT molecular complexity index is 405. The first kappa shape index (κ1) is 14.3. The van der Waals surface area contributed by atoms with Gasteiger partial charge in [0.25, 0.3) is 0 Å². The van der Waals surface area contributed by atoms with E-state index in [4.69, 9.17) is 17.3 Å². The maximum Gasteiger partial charge on any atom is 0.0931 e. The molecule has 2 rings (SSSR count). The van der Waals surface area contributed by atoms with Crippen molar-refractivity contribution >= 4 is 22.9 Å². The minimum absolute atomic E-state index is 0.0219. The Kier molecular flexibility index (Phi) is 4.34. The van der Waals surface area contributed by atoms with Crippen molar-refractivity contribution in [2.24, 2.45) is 5.73 Å². The summed E-state index contributed by atoms with van der Waals surface area (Å²) in [5.74, 6) is 0. The van der Waals surface area contributed by atoms with Crippen LogP contribution < -0.4 is 5.73 Å². The normalized spacial score (nSPS) is 29.2. The number of hydrogen-bond donors (Lipinski definition) is 2. The van der Waals surface area contributed by atoms with Crippen LogP contribution in [0.3, 0.4) is 0 Å². The summed E-state index contributed by atoms with van der Waals surface area (Å²) in [6, 6.07) is 4.13. The van der Waals surface area contributed by atoms with Gasteiger partial charge in [-0.2, -0.15) is 0 Å². The van der Waals surface area contributed by atoms with Crippen LogP contribution in [-0.4, -0.2) is 34.7 Å². The van der Waals surface area contributed by atoms with Gasteiger partial charge >= 0.3 is 0 Å². The predicted octanol–water partition coefficient (Wildman–Crippen LogP) is 2.64. The molecule has 0 aromatic carbocycles. The second-order valence-corrected chi connectivity index (χ2v) is 7.26. The molecular weight excluding hydrogens is 268 g/mol. The van der Waals surface area contributed by atoms with Crippen molar-refractivity contribution in [3.05, 3.63) is 21.3 Å². The molecule has 0 amide bonds. The minimum atomic E-state index is -0.605. The highest BCUT2D eigenvalue weighted by atomic mass is 35.5. The first-order valence-corrected chi connectivity index (χ1v) is 7.56. The Morgan fingerprint density at radius 1 is 1.56 bits per heavy atom. The second kappa shape index (κ2) is 5.47. The fourth-order valence-corrected chi connectivity index (χ4v) is 4.07. The molecule has 18 heavy (non-hydrogen) atoms. The van der Waals surface area contributed by atoms with Gasteiger partial charge in [0.1, 0.15) is 0 Å². The zero-order valence-corrected chi connectivity index (χ0v) is 12.5. The first-order valence-electron chi connectivity index (χ1n) is 6.36. The van der Waals surface area contributed by atoms with Crippen molar-refractivity contribution in [2.75, 3.05) is 13.1 Å². The van der Waals surface area contributed by atoms with E-state index >= 15 is 0 Å². The SMILES string of the molecule is CC(N)C(c1ccc(Cl)s1)N1CCCC(C)(O)C1. The molecule has 2 heterocycles. The van der Waals surface area contributed by atoms with Gasteiger partial charge in [0.05, 0.1) is 16.0 Å². The Hall–Kier alpha value is -0.130. The molecule has 0 radical (unpaired) electrons. The zero-order chi connectivity index (χ0) is 13.3. The van der Waals surface area contributed by atoms with E-state index < -0.39 is 5.60 Å². The largest absolute Gasteiger partial charge is 0.389 e. The number of nitrogens with zero attached hydrogens (tertiary/aromatic N) is 1. The van der Waals surface area contributed by atoms with Crippen molar-refractivity contribution in [3.63, 3.8) is 0 Å². The van der Waals surface area contributed by atoms with Crippen LogP contribution in [0, 0.1) is 0 Å². The van der Waals surface area contributed by atoms with Crippen LogP contribution in [0.25, 0.3) is 0 Å². The fourth-order valence-electron chi connectivity index (χ4n) is 2.75. The quantitative estimate of drug-likeness (QED) is 0.899. The minimum Gasteiger partial charge on any atom is -0.389 e. The third-order valence-electron chi connectivity index (χ3n) is 3.48. The number of aliphatic hydroxyl groups is 1. The van der Waals surface area contributed by atoms with Crippen LogP contribution in [0.2, 0.25) is 4.34 Å². The van der Waals surface area contributed by atoms with Crippen molar-refractivity contribution < 1.29 is 5.11 Å². The van der Waals surface area contributed by atoms with Crippen LogP contribution in [0.5, 0.6) is 0 Å². The Morgan fingerprint density at radius 3 is 2.78 bits per heavy atom. The summed E-state index contributed by atoms with van der Waals surface area (Å²) in [7, 11) is 0. The van der Waals surface area contributed by atoms with E-state index in [0.29, 0.717) is 6.54 Å². The third kappa shape index (κ3) is 3.25. The second-order valence-electron chi connectivity index (χ2n) is 5.52. The van der Waals surface area contributed by atoms with Crippen molar-refractivity contribution in [1.82, 2.24) is 4.90 Å². The summed E-state index contributed by atoms with van der Waals surface area (Å²) in [5.41, 5.74) is 5.53. The molecule has 3 nitrogen and oxygen atoms in total. The Balaban J connectivity index is 2.20. The number of likely N-dealkylation sites (tertiary alicyclic amines) is 1. The van der Waals surface area contributed by atoms with Crippen LogP contribution >= 0.6 is 22.9 Å². The van der Waals surface area contributed by atoms with Gasteiger partial charge in [0.15, 0.2) is 0 Å². The molecule has 102 valence electrons. The van der Waals surface area contributed by atoms with E-state index in [1.165, 1.54) is 4.88 Å². The molecular formula is C13H21ClN2OS. The van der Waals surface area contributed by atoms with Gasteiger partial charge in [-0.25, -0.2) is 0 Å². The smallest absolute Gasteiger partial charge is 0.0931 e. The maximum absolute atomic E-state index is 10.2. The zero-order valence-electron chi connectivity index (χ0n) is 10.9. The lowest BCUT2D eigenvalue weighted by Crippen LogP contribution is -2.50. The van der Waals surface area contributed by atoms with Crippen LogP contribution in [0.15, 0.2) is 12.1 Å². The highest BCUT2D eigenvalue weighted by molar-refractivity contribution is 7.16. The van der Waals surface area contributed by atoms with E-state index in [1.54, 1.807) is 11.3 Å². The molecule has 0 spiro atoms. The summed E-state index contributed by atoms with van der Waals surface area (Å²) in [6.45, 7) is 5.58. The standard InChI is InChI=1S/C13H21ClN2OS/c1-9(15)12(10-4-5-11(14)18-10)16-7-3-6-13(2,17)8-16/h4-5,9,12,17H,3,6-8,15H2,1-2H3. The van der Waals surface area contributed by atoms with E-state index in [1.807, 2.05) is 26.0 Å². The highest BCUT2D eigenvalue weighted by Crippen LogP contribution is 2.35. The molecule has 1 aliphatic heterocycles. The first-order chi connectivity index (χ1) is 8.39. The predicted molar refractivity (Wildman–Crippen MR) is 77.2 cm³/mol. The molecule has 0 bridgehead atoms. The number of rotatable bonds is 3. The summed E-state index contributed by atoms with van der Waals surface area (Å²) in [6.07, 6.45) is 1.87. The summed E-state index contributed by atoms with van der Waals surface area (Å²) in [5, 5.41) is 10.2. The molecule has 3 atom stereocenters. The van der Waals surface area contributed by atoms with Gasteiger partial charge in [0, 0.05) is 17.5 Å². The molecule has 1 aromatic heterocycles. The van der Waals surface area contributed by atoms with Gasteiger partial charge in [-0.05, 0) is 45.4 Å². The highest BCUT2D eigenvalue weighted by Gasteiger charge is 2.34. The monoisotopic (exact) mass is 288 g/mol. The third-order valence-corrected chi connectivity index (χ3v) is 4.78. The number of β-amino-alcohol motifs (C(OH)–C–C–N with tert-alkyl or cyclic N) is 1. The van der Waals surface area contributed by atoms with Gasteiger partial charge < -0.3 is 10.8 Å². The maximum atomic E-state index is 10.2. The lowest BCUT2D eigenvalue weighted by molar-refractivity contribution is -0.0328. The lowest BCUT2D eigenvalue weighted by atomic mass is 9.92. The van der Waals surface area contributed by atoms with Gasteiger partial charge in [-0.1, -0.05) is 11.6 Å². The number of halogens is 1. The number of piperidine rings is 1. The van der Waals surface area contributed by atoms with Crippen molar-refractivity contribution in [1.29, 1.82) is 0 Å². The summed E-state index contributed by atoms with van der Waals surface area (Å²) >= 11 is 7.59. The van der Waals surface area contributed by atoms with E-state index in [2.05, 4.69) is 4.90 Å². The van der Waals surface area contributed by atoms with Gasteiger partial charge in [-0.3, -0.25) is 4.90 Å². The summed E-state index contributed by atoms with van der Waals surface area (Å²) < 4.78 is 0.791. The fraction of sp³-hybridized carbons (Fsp3) is 0.692. The molecule has 1 fully saturated rings. The van der Waals surface area contributed by atoms with E-state index in [-0.39, 0.29) is 12.1 Å². The van der Waals surface area contributed by atoms with Crippen molar-refractivity contribution in [2.45, 2.75) is 44.4 Å². The molecule has 1 saturated heterocycles. The molecule has 0 aliphatic carbocycles. The molecule has 5 heteroatoms. The summed E-state index contributed by atoms with van der Waals surface area (Å²) in [4.78, 5) is 3.48. The molecule has 1 aromatic rings. The van der Waals surface area contributed by atoms with E-state index in [9.17, 15) is 5.11 Å². The number of hydrogen-bond acceptors (Lipinski definition) is 4. The molecule has 0 saturated carbocycles. The molecule has 1 aliphatic rings. The Labute approximate surface area is 118 Å². The number of nitrogens with two attached hydrogens (primary N) is 1. The van der Waals surface area contributed by atoms with E-state index in [0.717, 1.165) is 23.7 Å². The van der Waals surface area contributed by atoms with Gasteiger partial charge in [-0.15, -0.1) is 11.3 Å². The van der Waals surface area contributed by atoms with Crippen LogP contribution in [-0.2, 0) is 0 Å². The van der Waals surface area contributed by atoms with Crippen molar-refractivity contribution in [3.8, 4) is 0 Å². The molecule has 3 N–H and O–H groups in total. The van der Waals surface area contributed by atoms with Gasteiger partial charge in [0.2, 0.25) is 0 Å².